The van der Waals surface area contributed by atoms with Crippen molar-refractivity contribution in [3.63, 3.8) is 0 Å². The number of amides is 1. The van der Waals surface area contributed by atoms with Crippen molar-refractivity contribution in [1.82, 2.24) is 4.90 Å². The van der Waals surface area contributed by atoms with Gasteiger partial charge in [0.25, 0.3) is 0 Å². The number of hydrogen-bond donors (Lipinski definition) is 0. The number of ether oxygens (including phenoxy) is 1. The third-order valence-corrected chi connectivity index (χ3v) is 3.72. The fourth-order valence-corrected chi connectivity index (χ4v) is 2.61. The number of alkyl halides is 1. The molecule has 1 fully saturated rings. The fourth-order valence-electron chi connectivity index (χ4n) is 2.61. The van der Waals surface area contributed by atoms with Crippen LogP contribution < -0.4 is 0 Å². The largest absolute Gasteiger partial charge is 0.444 e. The quantitative estimate of drug-likeness (QED) is 0.811. The molecule has 0 bridgehead atoms. The van der Waals surface area contributed by atoms with E-state index in [0.717, 1.165) is 5.56 Å². The molecule has 0 saturated carbocycles. The Morgan fingerprint density at radius 2 is 1.81 bits per heavy atom. The lowest BCUT2D eigenvalue weighted by molar-refractivity contribution is 0.0144. The molecule has 1 unspecified atom stereocenters. The van der Waals surface area contributed by atoms with E-state index in [2.05, 4.69) is 0 Å². The van der Waals surface area contributed by atoms with Crippen molar-refractivity contribution in [2.75, 3.05) is 13.1 Å². The molecule has 1 aromatic carbocycles. The fraction of sp³-hybridized carbons (Fsp3) is 0.588. The number of rotatable bonds is 2. The van der Waals surface area contributed by atoms with Gasteiger partial charge in [0.1, 0.15) is 11.8 Å². The molecule has 1 aliphatic heterocycles. The number of likely N-dealkylation sites (tertiary alicyclic amines) is 1. The molecule has 21 heavy (non-hydrogen) atoms. The molecule has 0 radical (unpaired) electrons. The number of benzene rings is 1. The highest BCUT2D eigenvalue weighted by atomic mass is 19.1. The van der Waals surface area contributed by atoms with Crippen LogP contribution in [0.15, 0.2) is 30.3 Å². The van der Waals surface area contributed by atoms with E-state index < -0.39 is 11.8 Å². The second kappa shape index (κ2) is 6.46. The first-order chi connectivity index (χ1) is 9.87. The van der Waals surface area contributed by atoms with E-state index in [1.807, 2.05) is 51.1 Å². The van der Waals surface area contributed by atoms with Crippen LogP contribution in [0, 0.1) is 5.92 Å². The number of piperidine rings is 1. The second-order valence-corrected chi connectivity index (χ2v) is 6.62. The third-order valence-electron chi connectivity index (χ3n) is 3.72. The van der Waals surface area contributed by atoms with Crippen molar-refractivity contribution >= 4 is 6.09 Å². The van der Waals surface area contributed by atoms with Gasteiger partial charge < -0.3 is 9.64 Å². The molecule has 1 atom stereocenters. The van der Waals surface area contributed by atoms with Crippen molar-refractivity contribution in [3.05, 3.63) is 35.9 Å². The van der Waals surface area contributed by atoms with Crippen molar-refractivity contribution in [1.29, 1.82) is 0 Å². The molecular formula is C17H24FNO2. The van der Waals surface area contributed by atoms with Gasteiger partial charge in [0.15, 0.2) is 0 Å². The van der Waals surface area contributed by atoms with E-state index >= 15 is 0 Å². The highest BCUT2D eigenvalue weighted by Crippen LogP contribution is 2.34. The minimum atomic E-state index is -0.952. The third kappa shape index (κ3) is 4.45. The van der Waals surface area contributed by atoms with Crippen molar-refractivity contribution in [2.24, 2.45) is 5.92 Å². The number of carbonyl (C=O) groups excluding carboxylic acids is 1. The van der Waals surface area contributed by atoms with Crippen LogP contribution in [0.3, 0.4) is 0 Å². The molecule has 1 aromatic rings. The molecular weight excluding hydrogens is 269 g/mol. The molecule has 1 amide bonds. The molecule has 3 nitrogen and oxygen atoms in total. The van der Waals surface area contributed by atoms with Gasteiger partial charge in [0.2, 0.25) is 0 Å². The number of hydrogen-bond acceptors (Lipinski definition) is 2. The van der Waals surface area contributed by atoms with Gasteiger partial charge in [0.05, 0.1) is 0 Å². The summed E-state index contributed by atoms with van der Waals surface area (Å²) in [5.41, 5.74) is 0.244. The Kier molecular flexibility index (Phi) is 4.86. The standard InChI is InChI=1S/C17H24FNO2/c1-17(2,3)21-16(20)19-11-9-14(10-12-19)15(18)13-7-5-4-6-8-13/h4-8,14-15H,9-12H2,1-3H3. The molecule has 0 aromatic heterocycles. The Labute approximate surface area is 126 Å². The summed E-state index contributed by atoms with van der Waals surface area (Å²) in [6.45, 7) is 6.68. The summed E-state index contributed by atoms with van der Waals surface area (Å²) in [6.07, 6.45) is 0.105. The first-order valence-corrected chi connectivity index (χ1v) is 7.54. The van der Waals surface area contributed by atoms with E-state index in [1.165, 1.54) is 0 Å². The summed E-state index contributed by atoms with van der Waals surface area (Å²) in [5, 5.41) is 0. The van der Waals surface area contributed by atoms with Crippen molar-refractivity contribution in [3.8, 4) is 0 Å². The van der Waals surface area contributed by atoms with E-state index in [0.29, 0.717) is 25.9 Å². The maximum atomic E-state index is 14.5. The van der Waals surface area contributed by atoms with Gasteiger partial charge in [-0.05, 0) is 45.1 Å². The van der Waals surface area contributed by atoms with Gasteiger partial charge in [-0.1, -0.05) is 30.3 Å². The smallest absolute Gasteiger partial charge is 0.410 e. The van der Waals surface area contributed by atoms with Gasteiger partial charge in [-0.2, -0.15) is 0 Å². The Morgan fingerprint density at radius 3 is 2.33 bits per heavy atom. The molecule has 1 aliphatic rings. The van der Waals surface area contributed by atoms with Gasteiger partial charge in [-0.3, -0.25) is 0 Å². The van der Waals surface area contributed by atoms with E-state index in [1.54, 1.807) is 4.90 Å². The summed E-state index contributed by atoms with van der Waals surface area (Å²) >= 11 is 0. The average Bonchev–Trinajstić information content (AvgIpc) is 2.46. The van der Waals surface area contributed by atoms with E-state index in [-0.39, 0.29) is 12.0 Å². The predicted molar refractivity (Wildman–Crippen MR) is 80.8 cm³/mol. The van der Waals surface area contributed by atoms with Crippen LogP contribution >= 0.6 is 0 Å². The van der Waals surface area contributed by atoms with Crippen LogP contribution in [0.1, 0.15) is 45.3 Å². The Hall–Kier alpha value is -1.58. The number of halogens is 1. The lowest BCUT2D eigenvalue weighted by atomic mass is 9.88. The first kappa shape index (κ1) is 15.8. The van der Waals surface area contributed by atoms with E-state index in [9.17, 15) is 9.18 Å². The van der Waals surface area contributed by atoms with Crippen molar-refractivity contribution in [2.45, 2.75) is 45.4 Å². The zero-order valence-corrected chi connectivity index (χ0v) is 13.0. The highest BCUT2D eigenvalue weighted by molar-refractivity contribution is 5.68. The maximum Gasteiger partial charge on any atom is 0.410 e. The van der Waals surface area contributed by atoms with Crippen molar-refractivity contribution < 1.29 is 13.9 Å². The van der Waals surface area contributed by atoms with Crippen LogP contribution in [0.2, 0.25) is 0 Å². The Morgan fingerprint density at radius 1 is 1.24 bits per heavy atom. The summed E-state index contributed by atoms with van der Waals surface area (Å²) in [5.74, 6) is -0.0221. The molecule has 0 N–H and O–H groups in total. The lowest BCUT2D eigenvalue weighted by Crippen LogP contribution is -2.42. The highest BCUT2D eigenvalue weighted by Gasteiger charge is 2.31. The summed E-state index contributed by atoms with van der Waals surface area (Å²) in [7, 11) is 0. The van der Waals surface area contributed by atoms with Gasteiger partial charge in [-0.15, -0.1) is 0 Å². The maximum absolute atomic E-state index is 14.5. The zero-order chi connectivity index (χ0) is 15.5. The summed E-state index contributed by atoms with van der Waals surface area (Å²) in [4.78, 5) is 13.7. The van der Waals surface area contributed by atoms with Crippen LogP contribution in [0.4, 0.5) is 9.18 Å². The summed E-state index contributed by atoms with van der Waals surface area (Å²) < 4.78 is 19.8. The second-order valence-electron chi connectivity index (χ2n) is 6.62. The Bertz CT molecular complexity index is 461. The average molecular weight is 293 g/mol. The number of carbonyl (C=O) groups is 1. The molecule has 0 spiro atoms. The summed E-state index contributed by atoms with van der Waals surface area (Å²) in [6, 6.07) is 9.26. The van der Waals surface area contributed by atoms with Gasteiger partial charge >= 0.3 is 6.09 Å². The number of nitrogens with zero attached hydrogens (tertiary/aromatic N) is 1. The normalized spacial score (nSPS) is 18.4. The molecule has 1 saturated heterocycles. The van der Waals surface area contributed by atoms with Crippen LogP contribution in [-0.2, 0) is 4.74 Å². The molecule has 4 heteroatoms. The molecule has 116 valence electrons. The van der Waals surface area contributed by atoms with Crippen LogP contribution in [0.25, 0.3) is 0 Å². The minimum Gasteiger partial charge on any atom is -0.444 e. The molecule has 0 aliphatic carbocycles. The lowest BCUT2D eigenvalue weighted by Gasteiger charge is -2.34. The molecule has 2 rings (SSSR count). The van der Waals surface area contributed by atoms with Gasteiger partial charge in [-0.25, -0.2) is 9.18 Å². The van der Waals surface area contributed by atoms with Crippen LogP contribution in [0.5, 0.6) is 0 Å². The SMILES string of the molecule is CC(C)(C)OC(=O)N1CCC(C(F)c2ccccc2)CC1. The predicted octanol–water partition coefficient (Wildman–Crippen LogP) is 4.34. The minimum absolute atomic E-state index is 0.0221. The zero-order valence-electron chi connectivity index (χ0n) is 13.0. The Balaban J connectivity index is 1.87. The monoisotopic (exact) mass is 293 g/mol. The molecule has 1 heterocycles. The topological polar surface area (TPSA) is 29.5 Å². The van der Waals surface area contributed by atoms with Crippen LogP contribution in [-0.4, -0.2) is 29.7 Å². The van der Waals surface area contributed by atoms with Gasteiger partial charge in [0, 0.05) is 13.1 Å². The first-order valence-electron chi connectivity index (χ1n) is 7.54. The van der Waals surface area contributed by atoms with E-state index in [4.69, 9.17) is 4.74 Å².